The molecule has 1 aromatic rings. The molecule has 0 saturated carbocycles. The van der Waals surface area contributed by atoms with Crippen LogP contribution in [0.3, 0.4) is 0 Å². The van der Waals surface area contributed by atoms with Gasteiger partial charge in [-0.15, -0.1) is 0 Å². The van der Waals surface area contributed by atoms with E-state index in [-0.39, 0.29) is 0 Å². The zero-order chi connectivity index (χ0) is 13.9. The van der Waals surface area contributed by atoms with Crippen LogP contribution in [0.25, 0.3) is 0 Å². The van der Waals surface area contributed by atoms with E-state index in [1.165, 1.54) is 17.6 Å². The molecule has 0 spiro atoms. The molecule has 1 N–H and O–H groups in total. The van der Waals surface area contributed by atoms with Crippen LogP contribution in [0, 0.1) is 0 Å². The molecule has 0 saturated heterocycles. The Morgan fingerprint density at radius 2 is 1.95 bits per heavy atom. The standard InChI is InChI=1S/C18H27N/c1-4-10-17(5-2)13-9-14-19-16(3)15-18-11-7-6-8-12-18/h4-8,10-12,16,19H,9,13-15H2,1-3H3/b10-4-,17-5+. The molecule has 0 amide bonds. The average molecular weight is 257 g/mol. The van der Waals surface area contributed by atoms with Gasteiger partial charge in [0.05, 0.1) is 0 Å². The van der Waals surface area contributed by atoms with Crippen LogP contribution in [-0.2, 0) is 6.42 Å². The Labute approximate surface area is 118 Å². The van der Waals surface area contributed by atoms with Gasteiger partial charge in [-0.05, 0) is 52.1 Å². The first-order chi connectivity index (χ1) is 9.26. The zero-order valence-corrected chi connectivity index (χ0v) is 12.5. The minimum absolute atomic E-state index is 0.540. The van der Waals surface area contributed by atoms with Gasteiger partial charge in [0.2, 0.25) is 0 Å². The third-order valence-electron chi connectivity index (χ3n) is 3.27. The first-order valence-corrected chi connectivity index (χ1v) is 7.31. The second-order valence-electron chi connectivity index (χ2n) is 5.01. The Morgan fingerprint density at radius 1 is 1.21 bits per heavy atom. The first-order valence-electron chi connectivity index (χ1n) is 7.31. The minimum atomic E-state index is 0.540. The van der Waals surface area contributed by atoms with E-state index >= 15 is 0 Å². The Bertz CT molecular complexity index is 389. The van der Waals surface area contributed by atoms with Crippen molar-refractivity contribution in [3.8, 4) is 0 Å². The highest BCUT2D eigenvalue weighted by atomic mass is 14.9. The maximum atomic E-state index is 3.60. The lowest BCUT2D eigenvalue weighted by Crippen LogP contribution is -2.28. The summed E-state index contributed by atoms with van der Waals surface area (Å²) < 4.78 is 0. The van der Waals surface area contributed by atoms with Crippen LogP contribution < -0.4 is 5.32 Å². The van der Waals surface area contributed by atoms with E-state index in [1.54, 1.807) is 0 Å². The molecule has 19 heavy (non-hydrogen) atoms. The van der Waals surface area contributed by atoms with Crippen LogP contribution >= 0.6 is 0 Å². The summed E-state index contributed by atoms with van der Waals surface area (Å²) in [5.74, 6) is 0. The van der Waals surface area contributed by atoms with Crippen molar-refractivity contribution in [1.82, 2.24) is 5.32 Å². The van der Waals surface area contributed by atoms with E-state index in [2.05, 4.69) is 74.6 Å². The summed E-state index contributed by atoms with van der Waals surface area (Å²) in [7, 11) is 0. The Morgan fingerprint density at radius 3 is 2.58 bits per heavy atom. The van der Waals surface area contributed by atoms with Crippen molar-refractivity contribution in [2.75, 3.05) is 6.54 Å². The van der Waals surface area contributed by atoms with Crippen LogP contribution in [0.2, 0.25) is 0 Å². The summed E-state index contributed by atoms with van der Waals surface area (Å²) in [6.45, 7) is 7.53. The van der Waals surface area contributed by atoms with Crippen LogP contribution in [0.1, 0.15) is 39.2 Å². The van der Waals surface area contributed by atoms with Gasteiger partial charge in [-0.2, -0.15) is 0 Å². The van der Waals surface area contributed by atoms with Crippen LogP contribution in [0.5, 0.6) is 0 Å². The van der Waals surface area contributed by atoms with Gasteiger partial charge in [0.25, 0.3) is 0 Å². The third kappa shape index (κ3) is 6.97. The number of benzene rings is 1. The van der Waals surface area contributed by atoms with Gasteiger partial charge in [0.1, 0.15) is 0 Å². The number of nitrogens with one attached hydrogen (secondary N) is 1. The fraction of sp³-hybridized carbons (Fsp3) is 0.444. The van der Waals surface area contributed by atoms with Crippen molar-refractivity contribution in [2.24, 2.45) is 0 Å². The third-order valence-corrected chi connectivity index (χ3v) is 3.27. The van der Waals surface area contributed by atoms with Gasteiger partial charge in [-0.3, -0.25) is 0 Å². The summed E-state index contributed by atoms with van der Waals surface area (Å²) in [4.78, 5) is 0. The lowest BCUT2D eigenvalue weighted by molar-refractivity contribution is 0.534. The van der Waals surface area contributed by atoms with E-state index in [1.807, 2.05) is 0 Å². The number of hydrogen-bond donors (Lipinski definition) is 1. The molecule has 0 aromatic heterocycles. The van der Waals surface area contributed by atoms with Gasteiger partial charge in [0, 0.05) is 6.04 Å². The summed E-state index contributed by atoms with van der Waals surface area (Å²) in [6, 6.07) is 11.2. The summed E-state index contributed by atoms with van der Waals surface area (Å²) in [5.41, 5.74) is 2.84. The van der Waals surface area contributed by atoms with Crippen LogP contribution in [-0.4, -0.2) is 12.6 Å². The highest BCUT2D eigenvalue weighted by Gasteiger charge is 2.02. The monoisotopic (exact) mass is 257 g/mol. The molecule has 0 fully saturated rings. The normalized spacial score (nSPS) is 13.9. The van der Waals surface area contributed by atoms with Crippen molar-refractivity contribution >= 4 is 0 Å². The fourth-order valence-corrected chi connectivity index (χ4v) is 2.22. The van der Waals surface area contributed by atoms with Crippen molar-refractivity contribution in [2.45, 2.75) is 46.1 Å². The molecule has 1 atom stereocenters. The molecule has 0 heterocycles. The quantitative estimate of drug-likeness (QED) is 0.533. The zero-order valence-electron chi connectivity index (χ0n) is 12.5. The van der Waals surface area contributed by atoms with Gasteiger partial charge in [-0.1, -0.05) is 54.1 Å². The minimum Gasteiger partial charge on any atom is -0.314 e. The lowest BCUT2D eigenvalue weighted by atomic mass is 10.1. The lowest BCUT2D eigenvalue weighted by Gasteiger charge is -2.14. The summed E-state index contributed by atoms with van der Waals surface area (Å²) in [6.07, 6.45) is 9.98. The van der Waals surface area contributed by atoms with Crippen LogP contribution in [0.15, 0.2) is 54.1 Å². The number of rotatable bonds is 8. The fourth-order valence-electron chi connectivity index (χ4n) is 2.22. The SMILES string of the molecule is C/C=C\C(=C/C)CCCNC(C)Cc1ccccc1. The molecule has 0 aliphatic heterocycles. The van der Waals surface area contributed by atoms with Crippen molar-refractivity contribution in [1.29, 1.82) is 0 Å². The van der Waals surface area contributed by atoms with E-state index in [0.717, 1.165) is 19.4 Å². The molecular formula is C18H27N. The van der Waals surface area contributed by atoms with E-state index in [0.29, 0.717) is 6.04 Å². The molecule has 1 rings (SSSR count). The second-order valence-corrected chi connectivity index (χ2v) is 5.01. The van der Waals surface area contributed by atoms with E-state index in [9.17, 15) is 0 Å². The van der Waals surface area contributed by atoms with Crippen molar-refractivity contribution in [3.63, 3.8) is 0 Å². The Balaban J connectivity index is 2.19. The van der Waals surface area contributed by atoms with Gasteiger partial charge < -0.3 is 5.32 Å². The highest BCUT2D eigenvalue weighted by molar-refractivity contribution is 5.17. The van der Waals surface area contributed by atoms with E-state index in [4.69, 9.17) is 0 Å². The first kappa shape index (κ1) is 15.7. The highest BCUT2D eigenvalue weighted by Crippen LogP contribution is 2.07. The largest absolute Gasteiger partial charge is 0.314 e. The molecule has 1 aromatic carbocycles. The molecule has 0 aliphatic carbocycles. The predicted octanol–water partition coefficient (Wildman–Crippen LogP) is 4.51. The van der Waals surface area contributed by atoms with Gasteiger partial charge in [0.15, 0.2) is 0 Å². The van der Waals surface area contributed by atoms with Crippen LogP contribution in [0.4, 0.5) is 0 Å². The summed E-state index contributed by atoms with van der Waals surface area (Å²) in [5, 5.41) is 3.60. The smallest absolute Gasteiger partial charge is 0.00791 e. The maximum absolute atomic E-state index is 3.60. The number of hydrogen-bond acceptors (Lipinski definition) is 1. The van der Waals surface area contributed by atoms with Gasteiger partial charge in [-0.25, -0.2) is 0 Å². The predicted molar refractivity (Wildman–Crippen MR) is 85.4 cm³/mol. The Hall–Kier alpha value is -1.34. The molecule has 0 bridgehead atoms. The topological polar surface area (TPSA) is 12.0 Å². The summed E-state index contributed by atoms with van der Waals surface area (Å²) >= 11 is 0. The molecule has 0 radical (unpaired) electrons. The molecule has 1 heteroatoms. The molecule has 1 nitrogen and oxygen atoms in total. The number of allylic oxidation sites excluding steroid dienone is 4. The second kappa shape index (κ2) is 9.57. The van der Waals surface area contributed by atoms with Gasteiger partial charge >= 0.3 is 0 Å². The van der Waals surface area contributed by atoms with E-state index < -0.39 is 0 Å². The van der Waals surface area contributed by atoms with Crippen molar-refractivity contribution in [3.05, 3.63) is 59.7 Å². The van der Waals surface area contributed by atoms with Crippen molar-refractivity contribution < 1.29 is 0 Å². The average Bonchev–Trinajstić information content (AvgIpc) is 2.43. The maximum Gasteiger partial charge on any atom is 0.00791 e. The molecule has 104 valence electrons. The molecule has 0 aliphatic rings. The Kier molecular flexibility index (Phi) is 7.92. The molecule has 1 unspecified atom stereocenters. The molecular weight excluding hydrogens is 230 g/mol.